The molecule has 0 aliphatic carbocycles. The average molecular weight is 469 g/mol. The molecule has 2 aromatic carbocycles. The number of carbonyl (C=O) groups is 1. The number of rotatable bonds is 6. The van der Waals surface area contributed by atoms with Crippen molar-refractivity contribution in [2.75, 3.05) is 6.54 Å². The van der Waals surface area contributed by atoms with Crippen LogP contribution in [0.2, 0.25) is 0 Å². The zero-order chi connectivity index (χ0) is 23.3. The predicted molar refractivity (Wildman–Crippen MR) is 116 cm³/mol. The van der Waals surface area contributed by atoms with Gasteiger partial charge in [0, 0.05) is 34.9 Å². The largest absolute Gasteiger partial charge is 0.434 e. The summed E-state index contributed by atoms with van der Waals surface area (Å²) in [4.78, 5) is 24.6. The summed E-state index contributed by atoms with van der Waals surface area (Å²) in [6, 6.07) is 15.8. The van der Waals surface area contributed by atoms with Gasteiger partial charge in [-0.1, -0.05) is 36.4 Å². The highest BCUT2D eigenvalue weighted by atomic mass is 32.1. The number of nitrogens with zero attached hydrogens (tertiary/aromatic N) is 6. The van der Waals surface area contributed by atoms with E-state index in [0.717, 1.165) is 28.0 Å². The van der Waals surface area contributed by atoms with Crippen LogP contribution in [0.4, 0.5) is 13.2 Å². The van der Waals surface area contributed by atoms with Crippen molar-refractivity contribution in [1.29, 1.82) is 0 Å². The van der Waals surface area contributed by atoms with Gasteiger partial charge in [-0.25, -0.2) is 9.97 Å². The number of imidazole rings is 1. The number of hydrogen-bond acceptors (Lipinski definition) is 5. The third-order valence-electron chi connectivity index (χ3n) is 4.50. The summed E-state index contributed by atoms with van der Waals surface area (Å²) in [5.74, 6) is -0.652. The SMILES string of the molecule is O=C(N=[N+]=NCCc1cnc(-c2ccccc2)s1)c1cccc(-n2cnc(C(F)(F)F)c2)c1. The van der Waals surface area contributed by atoms with Gasteiger partial charge >= 0.3 is 12.1 Å². The van der Waals surface area contributed by atoms with Gasteiger partial charge < -0.3 is 4.57 Å². The first-order chi connectivity index (χ1) is 15.9. The van der Waals surface area contributed by atoms with Crippen LogP contribution in [0.1, 0.15) is 20.9 Å². The van der Waals surface area contributed by atoms with Crippen LogP contribution in [0.25, 0.3) is 16.3 Å². The van der Waals surface area contributed by atoms with E-state index in [9.17, 15) is 18.0 Å². The molecule has 0 radical (unpaired) electrons. The summed E-state index contributed by atoms with van der Waals surface area (Å²) in [5.41, 5.74) is 0.539. The monoisotopic (exact) mass is 469 g/mol. The highest BCUT2D eigenvalue weighted by Gasteiger charge is 2.33. The number of halogens is 3. The molecule has 4 rings (SSSR count). The predicted octanol–water partition coefficient (Wildman–Crippen LogP) is 5.37. The lowest BCUT2D eigenvalue weighted by Crippen LogP contribution is -2.05. The van der Waals surface area contributed by atoms with Crippen LogP contribution in [-0.4, -0.2) is 27.0 Å². The minimum absolute atomic E-state index is 0.170. The molecule has 0 bridgehead atoms. The second kappa shape index (κ2) is 9.68. The van der Waals surface area contributed by atoms with E-state index >= 15 is 0 Å². The Morgan fingerprint density at radius 2 is 1.91 bits per heavy atom. The molecule has 0 spiro atoms. The highest BCUT2D eigenvalue weighted by molar-refractivity contribution is 7.15. The number of thiazole rings is 1. The van der Waals surface area contributed by atoms with Gasteiger partial charge in [0.2, 0.25) is 10.0 Å². The summed E-state index contributed by atoms with van der Waals surface area (Å²) in [7, 11) is 0. The first kappa shape index (κ1) is 22.3. The first-order valence-electron chi connectivity index (χ1n) is 9.74. The third kappa shape index (κ3) is 5.65. The van der Waals surface area contributed by atoms with Gasteiger partial charge in [0.05, 0.1) is 11.9 Å². The molecule has 0 fully saturated rings. The van der Waals surface area contributed by atoms with Crippen molar-refractivity contribution >= 4 is 17.2 Å². The molecule has 2 heterocycles. The van der Waals surface area contributed by atoms with E-state index in [4.69, 9.17) is 0 Å². The number of amides is 1. The molecule has 0 N–H and O–H groups in total. The Kier molecular flexibility index (Phi) is 6.53. The van der Waals surface area contributed by atoms with Gasteiger partial charge in [-0.15, -0.1) is 11.3 Å². The molecule has 1 amide bonds. The number of hydrogen-bond donors (Lipinski definition) is 0. The topological polar surface area (TPSA) is 86.6 Å². The van der Waals surface area contributed by atoms with E-state index in [2.05, 4.69) is 25.1 Å². The first-order valence-corrected chi connectivity index (χ1v) is 10.6. The van der Waals surface area contributed by atoms with Crippen molar-refractivity contribution in [2.45, 2.75) is 12.6 Å². The molecule has 0 unspecified atom stereocenters. The maximum Gasteiger partial charge on any atom is 0.434 e. The molecule has 11 heteroatoms. The minimum Gasteiger partial charge on any atom is -0.306 e. The minimum atomic E-state index is -4.54. The van der Waals surface area contributed by atoms with Crippen LogP contribution >= 0.6 is 11.3 Å². The zero-order valence-electron chi connectivity index (χ0n) is 17.0. The van der Waals surface area contributed by atoms with Gasteiger partial charge in [-0.3, -0.25) is 4.79 Å². The summed E-state index contributed by atoms with van der Waals surface area (Å²) in [6.45, 7) is 0.336. The molecule has 33 heavy (non-hydrogen) atoms. The Balaban J connectivity index is 1.36. The Labute approximate surface area is 190 Å². The third-order valence-corrected chi connectivity index (χ3v) is 5.60. The van der Waals surface area contributed by atoms with Gasteiger partial charge in [-0.2, -0.15) is 13.2 Å². The van der Waals surface area contributed by atoms with Crippen LogP contribution in [0, 0.1) is 0 Å². The van der Waals surface area contributed by atoms with Crippen molar-refractivity contribution in [3.63, 3.8) is 0 Å². The van der Waals surface area contributed by atoms with Crippen LogP contribution in [-0.2, 0) is 12.6 Å². The van der Waals surface area contributed by atoms with Gasteiger partial charge in [0.25, 0.3) is 0 Å². The van der Waals surface area contributed by atoms with Crippen molar-refractivity contribution in [1.82, 2.24) is 19.4 Å². The molecule has 7 nitrogen and oxygen atoms in total. The van der Waals surface area contributed by atoms with Gasteiger partial charge in [0.15, 0.2) is 5.69 Å². The number of aromatic nitrogens is 3. The normalized spacial score (nSPS) is 11.1. The van der Waals surface area contributed by atoms with E-state index in [1.54, 1.807) is 23.6 Å². The fourth-order valence-electron chi connectivity index (χ4n) is 2.88. The molecule has 0 aliphatic rings. The smallest absolute Gasteiger partial charge is 0.306 e. The maximum absolute atomic E-state index is 12.7. The summed E-state index contributed by atoms with van der Waals surface area (Å²) < 4.78 is 39.4. The zero-order valence-corrected chi connectivity index (χ0v) is 17.8. The van der Waals surface area contributed by atoms with Gasteiger partial charge in [-0.05, 0) is 18.2 Å². The lowest BCUT2D eigenvalue weighted by molar-refractivity contribution is -0.140. The fraction of sp³-hybridized carbons (Fsp3) is 0.136. The molecular weight excluding hydrogens is 453 g/mol. The molecule has 0 atom stereocenters. The number of benzene rings is 2. The van der Waals surface area contributed by atoms with Crippen LogP contribution in [0.15, 0.2) is 83.5 Å². The summed E-state index contributed by atoms with van der Waals surface area (Å²) >= 11 is 1.56. The Hall–Kier alpha value is -3.95. The molecular formula is C22H16F3N6OS+. The van der Waals surface area contributed by atoms with E-state index in [-0.39, 0.29) is 5.56 Å². The molecule has 4 aromatic rings. The van der Waals surface area contributed by atoms with Crippen LogP contribution in [0.3, 0.4) is 0 Å². The molecule has 2 aromatic heterocycles. The maximum atomic E-state index is 12.7. The lowest BCUT2D eigenvalue weighted by atomic mass is 10.2. The van der Waals surface area contributed by atoms with E-state index in [1.165, 1.54) is 22.8 Å². The quantitative estimate of drug-likeness (QED) is 0.281. The Bertz CT molecular complexity index is 1320. The molecule has 0 saturated heterocycles. The van der Waals surface area contributed by atoms with Gasteiger partial charge in [0.1, 0.15) is 16.7 Å². The van der Waals surface area contributed by atoms with Crippen molar-refractivity contribution in [3.8, 4) is 16.3 Å². The Morgan fingerprint density at radius 3 is 2.67 bits per heavy atom. The Morgan fingerprint density at radius 1 is 1.09 bits per heavy atom. The highest BCUT2D eigenvalue weighted by Crippen LogP contribution is 2.28. The number of carbonyl (C=O) groups excluding carboxylic acids is 1. The fourth-order valence-corrected chi connectivity index (χ4v) is 3.79. The van der Waals surface area contributed by atoms with Crippen molar-refractivity contribution in [2.24, 2.45) is 10.2 Å². The van der Waals surface area contributed by atoms with Crippen molar-refractivity contribution in [3.05, 3.63) is 89.5 Å². The van der Waals surface area contributed by atoms with Crippen molar-refractivity contribution < 1.29 is 18.0 Å². The molecule has 0 aliphatic heterocycles. The second-order valence-electron chi connectivity index (χ2n) is 6.82. The van der Waals surface area contributed by atoms with Crippen LogP contribution < -0.4 is 4.91 Å². The molecule has 166 valence electrons. The standard InChI is InChI=1S/C22H16F3N6OS/c23-22(24,25)19-13-31(14-27-19)17-8-4-7-16(11-17)20(32)29-30-28-10-9-18-12-26-21(33-18)15-5-2-1-3-6-15/h1-8,11-14H,9-10H2/q+1. The van der Waals surface area contributed by atoms with E-state index in [1.807, 2.05) is 30.3 Å². The number of alkyl halides is 3. The lowest BCUT2D eigenvalue weighted by Gasteiger charge is -2.03. The molecule has 0 saturated carbocycles. The average Bonchev–Trinajstić information content (AvgIpc) is 3.50. The summed E-state index contributed by atoms with van der Waals surface area (Å²) in [6.07, 6.45) is -0.266. The second-order valence-corrected chi connectivity index (χ2v) is 7.94. The summed E-state index contributed by atoms with van der Waals surface area (Å²) in [5, 5.41) is 8.38. The van der Waals surface area contributed by atoms with E-state index in [0.29, 0.717) is 18.7 Å². The van der Waals surface area contributed by atoms with Crippen LogP contribution in [0.5, 0.6) is 0 Å². The van der Waals surface area contributed by atoms with E-state index < -0.39 is 17.8 Å².